The molecule has 0 aliphatic carbocycles. The molecule has 1 aromatic carbocycles. The van der Waals surface area contributed by atoms with E-state index in [4.69, 9.17) is 9.52 Å². The minimum absolute atomic E-state index is 0.0823. The van der Waals surface area contributed by atoms with Crippen molar-refractivity contribution < 1.29 is 9.52 Å². The highest BCUT2D eigenvalue weighted by atomic mass is 79.9. The Hall–Kier alpha value is -1.10. The molecule has 0 saturated carbocycles. The molecule has 0 aliphatic rings. The van der Waals surface area contributed by atoms with E-state index < -0.39 is 0 Å². The molecule has 0 spiro atoms. The zero-order chi connectivity index (χ0) is 12.1. The molecule has 4 heteroatoms. The van der Waals surface area contributed by atoms with Gasteiger partial charge in [0.15, 0.2) is 4.67 Å². The van der Waals surface area contributed by atoms with Gasteiger partial charge in [-0.2, -0.15) is 0 Å². The molecule has 0 atom stereocenters. The first kappa shape index (κ1) is 12.4. The van der Waals surface area contributed by atoms with Gasteiger partial charge in [0.05, 0.1) is 13.2 Å². The number of furan rings is 1. The molecule has 0 saturated heterocycles. The Balaban J connectivity index is 1.85. The third kappa shape index (κ3) is 3.70. The Bertz CT molecular complexity index is 482. The van der Waals surface area contributed by atoms with Gasteiger partial charge >= 0.3 is 0 Å². The number of halogens is 1. The highest BCUT2D eigenvalue weighted by molar-refractivity contribution is 9.10. The number of aliphatic hydroxyl groups is 1. The van der Waals surface area contributed by atoms with Gasteiger partial charge in [-0.25, -0.2) is 0 Å². The number of hydrogen-bond donors (Lipinski definition) is 2. The van der Waals surface area contributed by atoms with Crippen LogP contribution >= 0.6 is 15.9 Å². The van der Waals surface area contributed by atoms with E-state index in [-0.39, 0.29) is 6.61 Å². The Morgan fingerprint density at radius 1 is 1.12 bits per heavy atom. The molecular formula is C13H14BrNO2. The lowest BCUT2D eigenvalue weighted by molar-refractivity contribution is 0.281. The van der Waals surface area contributed by atoms with E-state index in [2.05, 4.69) is 21.2 Å². The lowest BCUT2D eigenvalue weighted by Crippen LogP contribution is -2.12. The van der Waals surface area contributed by atoms with Crippen molar-refractivity contribution in [1.82, 2.24) is 5.32 Å². The molecule has 0 radical (unpaired) electrons. The largest absolute Gasteiger partial charge is 0.453 e. The van der Waals surface area contributed by atoms with Gasteiger partial charge in [-0.05, 0) is 39.2 Å². The molecule has 1 heterocycles. The highest BCUT2D eigenvalue weighted by Crippen LogP contribution is 2.13. The number of nitrogens with one attached hydrogen (secondary N) is 1. The molecule has 2 rings (SSSR count). The fourth-order valence-corrected chi connectivity index (χ4v) is 1.95. The van der Waals surface area contributed by atoms with E-state index in [1.807, 2.05) is 36.4 Å². The quantitative estimate of drug-likeness (QED) is 0.892. The average molecular weight is 296 g/mol. The summed E-state index contributed by atoms with van der Waals surface area (Å²) in [7, 11) is 0. The third-order valence-corrected chi connectivity index (χ3v) is 2.86. The van der Waals surface area contributed by atoms with Gasteiger partial charge in [-0.1, -0.05) is 24.3 Å². The minimum Gasteiger partial charge on any atom is -0.453 e. The summed E-state index contributed by atoms with van der Waals surface area (Å²) < 4.78 is 6.13. The maximum Gasteiger partial charge on any atom is 0.169 e. The van der Waals surface area contributed by atoms with Gasteiger partial charge in [-0.3, -0.25) is 0 Å². The summed E-state index contributed by atoms with van der Waals surface area (Å²) in [6.45, 7) is 1.53. The van der Waals surface area contributed by atoms with E-state index in [0.717, 1.165) is 28.1 Å². The second kappa shape index (κ2) is 6.00. The summed E-state index contributed by atoms with van der Waals surface area (Å²) in [5, 5.41) is 12.3. The lowest BCUT2D eigenvalue weighted by Gasteiger charge is -2.04. The van der Waals surface area contributed by atoms with Gasteiger partial charge in [0.2, 0.25) is 0 Å². The fraction of sp³-hybridized carbons (Fsp3) is 0.231. The van der Waals surface area contributed by atoms with Crippen LogP contribution in [0.2, 0.25) is 0 Å². The van der Waals surface area contributed by atoms with Crippen molar-refractivity contribution >= 4 is 15.9 Å². The molecule has 3 nitrogen and oxygen atoms in total. The molecule has 0 unspecified atom stereocenters. The van der Waals surface area contributed by atoms with E-state index in [1.54, 1.807) is 0 Å². The summed E-state index contributed by atoms with van der Waals surface area (Å²) in [5.74, 6) is 0.898. The third-order valence-electron chi connectivity index (χ3n) is 2.43. The molecule has 1 aromatic heterocycles. The molecule has 0 aliphatic heterocycles. The van der Waals surface area contributed by atoms with Crippen LogP contribution in [0.1, 0.15) is 16.9 Å². The first-order valence-corrected chi connectivity index (χ1v) is 6.21. The average Bonchev–Trinajstić information content (AvgIpc) is 2.75. The van der Waals surface area contributed by atoms with Crippen LogP contribution in [0, 0.1) is 0 Å². The van der Waals surface area contributed by atoms with Gasteiger partial charge in [0.25, 0.3) is 0 Å². The lowest BCUT2D eigenvalue weighted by atomic mass is 10.1. The number of benzene rings is 1. The van der Waals surface area contributed by atoms with Crippen LogP contribution in [0.15, 0.2) is 45.5 Å². The summed E-state index contributed by atoms with van der Waals surface area (Å²) in [5.41, 5.74) is 2.09. The van der Waals surface area contributed by atoms with Gasteiger partial charge in [0.1, 0.15) is 5.76 Å². The van der Waals surface area contributed by atoms with Crippen LogP contribution in [-0.4, -0.2) is 5.11 Å². The normalized spacial score (nSPS) is 10.7. The molecule has 90 valence electrons. The zero-order valence-electron chi connectivity index (χ0n) is 9.32. The van der Waals surface area contributed by atoms with Gasteiger partial charge in [-0.15, -0.1) is 0 Å². The monoisotopic (exact) mass is 295 g/mol. The Morgan fingerprint density at radius 2 is 1.94 bits per heavy atom. The van der Waals surface area contributed by atoms with Crippen molar-refractivity contribution in [2.45, 2.75) is 19.7 Å². The predicted molar refractivity (Wildman–Crippen MR) is 69.3 cm³/mol. The Kier molecular flexibility index (Phi) is 4.36. The van der Waals surface area contributed by atoms with Crippen molar-refractivity contribution in [3.63, 3.8) is 0 Å². The standard InChI is InChI=1S/C13H14BrNO2/c14-13-5-4-12(17-13)8-15-7-10-2-1-3-11(6-10)9-16/h1-6,15-16H,7-9H2. The van der Waals surface area contributed by atoms with Crippen LogP contribution in [-0.2, 0) is 19.7 Å². The molecule has 0 amide bonds. The van der Waals surface area contributed by atoms with Crippen molar-refractivity contribution in [2.75, 3.05) is 0 Å². The van der Waals surface area contributed by atoms with Crippen molar-refractivity contribution in [2.24, 2.45) is 0 Å². The molecule has 0 fully saturated rings. The number of hydrogen-bond acceptors (Lipinski definition) is 3. The number of rotatable bonds is 5. The molecule has 0 bridgehead atoms. The zero-order valence-corrected chi connectivity index (χ0v) is 10.9. The second-order valence-electron chi connectivity index (χ2n) is 3.79. The van der Waals surface area contributed by atoms with E-state index in [1.165, 1.54) is 0 Å². The first-order chi connectivity index (χ1) is 8.28. The highest BCUT2D eigenvalue weighted by Gasteiger charge is 1.99. The van der Waals surface area contributed by atoms with E-state index in [9.17, 15) is 0 Å². The Labute approximate surface area is 109 Å². The smallest absolute Gasteiger partial charge is 0.169 e. The number of aliphatic hydroxyl groups excluding tert-OH is 1. The van der Waals surface area contributed by atoms with Crippen LogP contribution in [0.25, 0.3) is 0 Å². The van der Waals surface area contributed by atoms with Gasteiger partial charge < -0.3 is 14.8 Å². The molecule has 2 aromatic rings. The summed E-state index contributed by atoms with van der Waals surface area (Å²) in [6, 6.07) is 11.7. The van der Waals surface area contributed by atoms with Crippen molar-refractivity contribution in [3.8, 4) is 0 Å². The summed E-state index contributed by atoms with van der Waals surface area (Å²) >= 11 is 3.27. The van der Waals surface area contributed by atoms with Crippen LogP contribution in [0.3, 0.4) is 0 Å². The molecule has 2 N–H and O–H groups in total. The molecular weight excluding hydrogens is 282 g/mol. The summed E-state index contributed by atoms with van der Waals surface area (Å²) in [6.07, 6.45) is 0. The first-order valence-electron chi connectivity index (χ1n) is 5.41. The maximum atomic E-state index is 9.03. The SMILES string of the molecule is OCc1cccc(CNCc2ccc(Br)o2)c1. The van der Waals surface area contributed by atoms with Crippen molar-refractivity contribution in [1.29, 1.82) is 0 Å². The second-order valence-corrected chi connectivity index (χ2v) is 4.57. The predicted octanol–water partition coefficient (Wildman–Crippen LogP) is 2.82. The fourth-order valence-electron chi connectivity index (χ4n) is 1.61. The van der Waals surface area contributed by atoms with Crippen molar-refractivity contribution in [3.05, 3.63) is 58.0 Å². The van der Waals surface area contributed by atoms with Crippen LogP contribution < -0.4 is 5.32 Å². The summed E-state index contributed by atoms with van der Waals surface area (Å²) in [4.78, 5) is 0. The topological polar surface area (TPSA) is 45.4 Å². The van der Waals surface area contributed by atoms with E-state index >= 15 is 0 Å². The molecule has 17 heavy (non-hydrogen) atoms. The van der Waals surface area contributed by atoms with Crippen LogP contribution in [0.4, 0.5) is 0 Å². The van der Waals surface area contributed by atoms with Gasteiger partial charge in [0, 0.05) is 6.54 Å². The Morgan fingerprint density at radius 3 is 2.65 bits per heavy atom. The van der Waals surface area contributed by atoms with Crippen LogP contribution in [0.5, 0.6) is 0 Å². The minimum atomic E-state index is 0.0823. The maximum absolute atomic E-state index is 9.03. The van der Waals surface area contributed by atoms with E-state index in [0.29, 0.717) is 6.54 Å².